The third-order valence-electron chi connectivity index (χ3n) is 14.7. The molecule has 5 aromatic heterocycles. The molecule has 0 aliphatic heterocycles. The summed E-state index contributed by atoms with van der Waals surface area (Å²) in [6.45, 7) is 18.5. The van der Waals surface area contributed by atoms with E-state index in [-0.39, 0.29) is 42.0 Å². The summed E-state index contributed by atoms with van der Waals surface area (Å²) >= 11 is 0. The third-order valence-corrected chi connectivity index (χ3v) is 14.7. The Morgan fingerprint density at radius 3 is 0.966 bits per heavy atom. The Morgan fingerprint density at radius 1 is 0.386 bits per heavy atom. The molecule has 0 saturated heterocycles. The van der Waals surface area contributed by atoms with Gasteiger partial charge in [-0.1, -0.05) is 78.9 Å². The van der Waals surface area contributed by atoms with E-state index in [4.69, 9.17) is 24.7 Å². The lowest BCUT2D eigenvalue weighted by Gasteiger charge is -2.30. The Bertz CT molecular complexity index is 3130. The number of nitrogens with one attached hydrogen (secondary N) is 3. The van der Waals surface area contributed by atoms with Gasteiger partial charge in [0.05, 0.1) is 51.2 Å². The summed E-state index contributed by atoms with van der Waals surface area (Å²) in [7, 11) is 10.8. The van der Waals surface area contributed by atoms with Crippen LogP contribution in [-0.2, 0) is 0 Å². The standard InChI is InChI=1S/C17H22N2O.2C16H20N2O.C9H13NO.C8H12N2.C7H7NO/c1-13(15-8-10-16(20-4)11-9-15)19(3)14(2)17-7-5-6-12-18-17;2*1-12(14-7-9-15(19-3)10-8-14)18-13(2)16-6-4-5-11-17-16;1-7(10)8-3-5-9(11-2)6-4-8;1-7(9-2)8-5-3-4-6-10-8;1-6(9)7-4-2-3-5-8-7/h5-14H,1-4H3;2*4-13,18H,1-3H3;3-7H,10H2,1-2H3;3-7,9H,1-2H3;2-5H,1H3/t13-,14-;12-,13+;12-,13-;2*7-;/m00000./s1. The molecule has 15 heteroatoms. The van der Waals surface area contributed by atoms with Crippen molar-refractivity contribution in [1.82, 2.24) is 45.8 Å². The molecule has 0 fully saturated rings. The first-order valence-electron chi connectivity index (χ1n) is 29.7. The van der Waals surface area contributed by atoms with Crippen LogP contribution in [-0.4, -0.2) is 78.1 Å². The summed E-state index contributed by atoms with van der Waals surface area (Å²) < 4.78 is 20.5. The van der Waals surface area contributed by atoms with E-state index in [1.807, 2.05) is 166 Å². The monoisotopic (exact) mass is 1190 g/mol. The van der Waals surface area contributed by atoms with Crippen molar-refractivity contribution in [3.63, 3.8) is 0 Å². The molecule has 0 amide bonds. The van der Waals surface area contributed by atoms with E-state index in [2.05, 4.69) is 144 Å². The van der Waals surface area contributed by atoms with Gasteiger partial charge in [-0.3, -0.25) is 34.6 Å². The fourth-order valence-electron chi connectivity index (χ4n) is 8.71. The lowest BCUT2D eigenvalue weighted by atomic mass is 10.0. The average molecular weight is 1190 g/mol. The second kappa shape index (κ2) is 39.9. The fraction of sp³-hybridized carbons (Fsp3) is 0.315. The molecule has 9 aromatic rings. The van der Waals surface area contributed by atoms with Gasteiger partial charge in [-0.2, -0.15) is 0 Å². The van der Waals surface area contributed by atoms with Crippen LogP contribution < -0.4 is 40.6 Å². The molecule has 5 N–H and O–H groups in total. The second-order valence-electron chi connectivity index (χ2n) is 20.9. The molecule has 8 atom stereocenters. The van der Waals surface area contributed by atoms with Gasteiger partial charge in [0.25, 0.3) is 0 Å². The van der Waals surface area contributed by atoms with E-state index in [1.165, 1.54) is 23.6 Å². The molecule has 9 rings (SSSR count). The first-order chi connectivity index (χ1) is 42.4. The minimum atomic E-state index is 0.00981. The maximum Gasteiger partial charge on any atom is 0.178 e. The molecule has 0 unspecified atom stereocenters. The van der Waals surface area contributed by atoms with Crippen molar-refractivity contribution in [1.29, 1.82) is 0 Å². The molecule has 0 saturated carbocycles. The lowest BCUT2D eigenvalue weighted by molar-refractivity contribution is 0.101. The van der Waals surface area contributed by atoms with Crippen LogP contribution >= 0.6 is 0 Å². The molecule has 88 heavy (non-hydrogen) atoms. The SMILES string of the molecule is CC(=O)c1ccccn1.CN[C@@H](C)c1ccccn1.COc1ccc([C@H](C)N(C)[C@@H](C)c2ccccn2)cc1.COc1ccc([C@H](C)N)cc1.COc1ccc([C@H](C)N[C@@H](C)c2ccccn2)cc1.COc1ccc([C@H](C)N[C@H](C)c2ccccn2)cc1. The van der Waals surface area contributed by atoms with Crippen molar-refractivity contribution in [2.24, 2.45) is 5.73 Å². The molecule has 466 valence electrons. The van der Waals surface area contributed by atoms with Gasteiger partial charge < -0.3 is 40.6 Å². The number of hydrogen-bond donors (Lipinski definition) is 4. The van der Waals surface area contributed by atoms with Gasteiger partial charge in [-0.15, -0.1) is 0 Å². The minimum Gasteiger partial charge on any atom is -0.497 e. The lowest BCUT2D eigenvalue weighted by Crippen LogP contribution is -2.26. The zero-order valence-electron chi connectivity index (χ0n) is 54.2. The van der Waals surface area contributed by atoms with Crippen molar-refractivity contribution in [2.45, 2.75) is 111 Å². The van der Waals surface area contributed by atoms with Gasteiger partial charge in [0.1, 0.15) is 28.7 Å². The number of pyridine rings is 5. The quantitative estimate of drug-likeness (QED) is 0.0528. The van der Waals surface area contributed by atoms with Gasteiger partial charge in [-0.05, 0) is 201 Å². The first kappa shape index (κ1) is 71.8. The van der Waals surface area contributed by atoms with Crippen LogP contribution in [0.1, 0.15) is 166 Å². The molecule has 0 bridgehead atoms. The highest BCUT2D eigenvalue weighted by Crippen LogP contribution is 2.29. The number of hydrogen-bond acceptors (Lipinski definition) is 15. The molecular weight excluding hydrogens is 1100 g/mol. The van der Waals surface area contributed by atoms with E-state index in [0.29, 0.717) is 17.8 Å². The van der Waals surface area contributed by atoms with Gasteiger partial charge >= 0.3 is 0 Å². The maximum absolute atomic E-state index is 10.6. The van der Waals surface area contributed by atoms with Gasteiger partial charge in [0, 0.05) is 86.2 Å². The number of ether oxygens (including phenoxy) is 4. The van der Waals surface area contributed by atoms with Crippen molar-refractivity contribution in [3.8, 4) is 23.0 Å². The summed E-state index contributed by atoms with van der Waals surface area (Å²) in [5.41, 5.74) is 15.4. The first-order valence-corrected chi connectivity index (χ1v) is 29.7. The summed E-state index contributed by atoms with van der Waals surface area (Å²) in [5, 5.41) is 10.2. The van der Waals surface area contributed by atoms with Gasteiger partial charge in [0.2, 0.25) is 0 Å². The largest absolute Gasteiger partial charge is 0.497 e. The van der Waals surface area contributed by atoms with E-state index in [1.54, 1.807) is 52.8 Å². The van der Waals surface area contributed by atoms with Crippen LogP contribution in [0.5, 0.6) is 23.0 Å². The molecule has 4 aromatic carbocycles. The van der Waals surface area contributed by atoms with Crippen molar-refractivity contribution >= 4 is 5.78 Å². The molecular formula is C73H94N10O5. The highest BCUT2D eigenvalue weighted by atomic mass is 16.5. The summed E-state index contributed by atoms with van der Waals surface area (Å²) in [5.74, 6) is 3.54. The van der Waals surface area contributed by atoms with E-state index < -0.39 is 0 Å². The molecule has 0 spiro atoms. The van der Waals surface area contributed by atoms with Crippen LogP contribution in [0.2, 0.25) is 0 Å². The number of carbonyl (C=O) groups is 1. The number of nitrogens with two attached hydrogens (primary N) is 1. The topological polar surface area (TPSA) is 184 Å². The molecule has 0 radical (unpaired) electrons. The zero-order chi connectivity index (χ0) is 64.2. The van der Waals surface area contributed by atoms with Crippen molar-refractivity contribution in [3.05, 3.63) is 270 Å². The summed E-state index contributed by atoms with van der Waals surface area (Å²) in [4.78, 5) is 34.1. The smallest absolute Gasteiger partial charge is 0.178 e. The molecule has 0 aliphatic rings. The number of methoxy groups -OCH3 is 4. The normalized spacial score (nSPS) is 13.1. The van der Waals surface area contributed by atoms with Gasteiger partial charge in [0.15, 0.2) is 5.78 Å². The number of nitrogens with zero attached hydrogens (tertiary/aromatic N) is 6. The van der Waals surface area contributed by atoms with E-state index in [0.717, 1.165) is 51.3 Å². The fourth-order valence-corrected chi connectivity index (χ4v) is 8.71. The Hall–Kier alpha value is -8.70. The number of aromatic nitrogens is 5. The number of benzene rings is 4. The number of Topliss-reactive ketones (excluding diaryl/α,β-unsaturated/α-hetero) is 1. The highest BCUT2D eigenvalue weighted by Gasteiger charge is 2.20. The Balaban J connectivity index is 0.000000232. The molecule has 5 heterocycles. The Kier molecular flexibility index (Phi) is 32.5. The Morgan fingerprint density at radius 2 is 0.693 bits per heavy atom. The van der Waals surface area contributed by atoms with Crippen LogP contribution in [0, 0.1) is 0 Å². The van der Waals surface area contributed by atoms with E-state index >= 15 is 0 Å². The highest BCUT2D eigenvalue weighted by molar-refractivity contribution is 5.91. The van der Waals surface area contributed by atoms with Crippen molar-refractivity contribution in [2.75, 3.05) is 42.5 Å². The zero-order valence-corrected chi connectivity index (χ0v) is 54.2. The molecule has 0 aliphatic carbocycles. The number of rotatable bonds is 20. The number of ketones is 1. The van der Waals surface area contributed by atoms with Crippen LogP contribution in [0.15, 0.2) is 219 Å². The third kappa shape index (κ3) is 25.3. The minimum absolute atomic E-state index is 0.00981. The summed E-state index contributed by atoms with van der Waals surface area (Å²) in [6, 6.07) is 63.5. The van der Waals surface area contributed by atoms with Crippen LogP contribution in [0.3, 0.4) is 0 Å². The maximum atomic E-state index is 10.6. The van der Waals surface area contributed by atoms with Crippen molar-refractivity contribution < 1.29 is 23.7 Å². The average Bonchev–Trinajstić information content (AvgIpc) is 3.73. The van der Waals surface area contributed by atoms with Gasteiger partial charge in [-0.25, -0.2) is 0 Å². The van der Waals surface area contributed by atoms with Crippen LogP contribution in [0.4, 0.5) is 0 Å². The van der Waals surface area contributed by atoms with E-state index in [9.17, 15) is 4.79 Å². The summed E-state index contributed by atoms with van der Waals surface area (Å²) in [6.07, 6.45) is 8.91. The molecule has 15 nitrogen and oxygen atoms in total. The predicted octanol–water partition coefficient (Wildman–Crippen LogP) is 15.2. The van der Waals surface area contributed by atoms with Crippen LogP contribution in [0.25, 0.3) is 0 Å². The predicted molar refractivity (Wildman–Crippen MR) is 358 cm³/mol. The Labute approximate surface area is 524 Å². The number of carbonyl (C=O) groups excluding carboxylic acids is 1. The second-order valence-corrected chi connectivity index (χ2v) is 20.9.